The molecular formula is C26H27N3O2. The summed E-state index contributed by atoms with van der Waals surface area (Å²) in [4.78, 5) is 14.5. The number of nitrogens with zero attached hydrogens (tertiary/aromatic N) is 2. The Morgan fingerprint density at radius 1 is 1.10 bits per heavy atom. The molecular weight excluding hydrogens is 386 g/mol. The van der Waals surface area contributed by atoms with Crippen LogP contribution in [0.3, 0.4) is 0 Å². The molecule has 0 atom stereocenters. The quantitative estimate of drug-likeness (QED) is 0.463. The molecule has 0 fully saturated rings. The molecule has 5 heteroatoms. The van der Waals surface area contributed by atoms with Crippen LogP contribution in [-0.4, -0.2) is 25.8 Å². The largest absolute Gasteiger partial charge is 0.496 e. The number of aryl methyl sites for hydroxylation is 1. The van der Waals surface area contributed by atoms with E-state index in [4.69, 9.17) is 4.74 Å². The molecule has 158 valence electrons. The standard InChI is InChI=1S/C26H27N3O2/c1-31-25-14-13-21(18-27-28-26(30)17-20-8-3-2-4-9-20)16-23(25)19-29-15-7-11-22-10-5-6-12-24(22)29/h2-6,8-10,12-14,16,18H,7,11,15,17,19H2,1H3,(H,28,30)/b27-18+. The van der Waals surface area contributed by atoms with Gasteiger partial charge in [-0.05, 0) is 53.8 Å². The van der Waals surface area contributed by atoms with Crippen LogP contribution in [0.5, 0.6) is 5.75 Å². The summed E-state index contributed by atoms with van der Waals surface area (Å²) in [5.74, 6) is 0.717. The molecule has 0 radical (unpaired) electrons. The molecule has 4 rings (SSSR count). The maximum atomic E-state index is 12.1. The first-order valence-corrected chi connectivity index (χ1v) is 10.6. The maximum Gasteiger partial charge on any atom is 0.244 e. The number of carbonyl (C=O) groups excluding carboxylic acids is 1. The second-order valence-corrected chi connectivity index (χ2v) is 7.68. The second-order valence-electron chi connectivity index (χ2n) is 7.68. The topological polar surface area (TPSA) is 53.9 Å². The molecule has 1 amide bonds. The minimum atomic E-state index is -0.138. The van der Waals surface area contributed by atoms with Crippen LogP contribution in [0.2, 0.25) is 0 Å². The predicted molar refractivity (Wildman–Crippen MR) is 125 cm³/mol. The van der Waals surface area contributed by atoms with Crippen LogP contribution in [0.15, 0.2) is 77.9 Å². The fourth-order valence-corrected chi connectivity index (χ4v) is 3.98. The smallest absolute Gasteiger partial charge is 0.244 e. The summed E-state index contributed by atoms with van der Waals surface area (Å²) < 4.78 is 5.60. The number of rotatable bonds is 7. The average molecular weight is 414 g/mol. The van der Waals surface area contributed by atoms with E-state index in [1.54, 1.807) is 13.3 Å². The van der Waals surface area contributed by atoms with E-state index in [1.807, 2.05) is 42.5 Å². The summed E-state index contributed by atoms with van der Waals surface area (Å²) in [5.41, 5.74) is 8.28. The van der Waals surface area contributed by atoms with Gasteiger partial charge >= 0.3 is 0 Å². The molecule has 3 aromatic rings. The van der Waals surface area contributed by atoms with E-state index in [-0.39, 0.29) is 5.91 Å². The molecule has 0 bridgehead atoms. The van der Waals surface area contributed by atoms with Crippen molar-refractivity contribution in [3.63, 3.8) is 0 Å². The first-order valence-electron chi connectivity index (χ1n) is 10.6. The third kappa shape index (κ3) is 5.31. The normalized spacial score (nSPS) is 13.1. The van der Waals surface area contributed by atoms with Crippen molar-refractivity contribution in [3.8, 4) is 5.75 Å². The van der Waals surface area contributed by atoms with Gasteiger partial charge in [0, 0.05) is 24.3 Å². The Balaban J connectivity index is 1.44. The minimum Gasteiger partial charge on any atom is -0.496 e. The molecule has 5 nitrogen and oxygen atoms in total. The zero-order valence-corrected chi connectivity index (χ0v) is 17.8. The van der Waals surface area contributed by atoms with E-state index in [0.29, 0.717) is 6.42 Å². The lowest BCUT2D eigenvalue weighted by Crippen LogP contribution is -2.29. The molecule has 0 saturated carbocycles. The third-order valence-corrected chi connectivity index (χ3v) is 5.48. The molecule has 0 spiro atoms. The summed E-state index contributed by atoms with van der Waals surface area (Å²) >= 11 is 0. The Morgan fingerprint density at radius 3 is 2.74 bits per heavy atom. The van der Waals surface area contributed by atoms with Crippen LogP contribution in [-0.2, 0) is 24.2 Å². The summed E-state index contributed by atoms with van der Waals surface area (Å²) in [5, 5.41) is 4.14. The number of methoxy groups -OCH3 is 1. The van der Waals surface area contributed by atoms with Gasteiger partial charge in [0.2, 0.25) is 5.91 Å². The molecule has 31 heavy (non-hydrogen) atoms. The minimum absolute atomic E-state index is 0.138. The monoisotopic (exact) mass is 413 g/mol. The SMILES string of the molecule is COc1ccc(/C=N/NC(=O)Cc2ccccc2)cc1CN1CCCc2ccccc21. The fraction of sp³-hybridized carbons (Fsp3) is 0.231. The first-order chi connectivity index (χ1) is 15.2. The van der Waals surface area contributed by atoms with Crippen molar-refractivity contribution in [1.29, 1.82) is 0 Å². The highest BCUT2D eigenvalue weighted by atomic mass is 16.5. The van der Waals surface area contributed by atoms with Gasteiger partial charge in [0.25, 0.3) is 0 Å². The van der Waals surface area contributed by atoms with Crippen molar-refractivity contribution in [1.82, 2.24) is 5.43 Å². The number of nitrogens with one attached hydrogen (secondary N) is 1. The summed E-state index contributed by atoms with van der Waals surface area (Å²) in [6.45, 7) is 1.79. The highest BCUT2D eigenvalue weighted by Gasteiger charge is 2.18. The number of para-hydroxylation sites is 1. The molecule has 1 heterocycles. The Kier molecular flexibility index (Phi) is 6.62. The average Bonchev–Trinajstić information content (AvgIpc) is 2.80. The van der Waals surface area contributed by atoms with Gasteiger partial charge in [-0.3, -0.25) is 4.79 Å². The molecule has 0 unspecified atom stereocenters. The zero-order chi connectivity index (χ0) is 21.5. The van der Waals surface area contributed by atoms with E-state index >= 15 is 0 Å². The van der Waals surface area contributed by atoms with Gasteiger partial charge < -0.3 is 9.64 Å². The van der Waals surface area contributed by atoms with Gasteiger partial charge in [0.1, 0.15) is 5.75 Å². The Morgan fingerprint density at radius 2 is 1.90 bits per heavy atom. The fourth-order valence-electron chi connectivity index (χ4n) is 3.98. The molecule has 0 saturated heterocycles. The summed E-state index contributed by atoms with van der Waals surface area (Å²) in [6.07, 6.45) is 4.25. The van der Waals surface area contributed by atoms with Crippen molar-refractivity contribution in [2.45, 2.75) is 25.8 Å². The second kappa shape index (κ2) is 9.94. The number of hydrogen-bond donors (Lipinski definition) is 1. The van der Waals surface area contributed by atoms with E-state index in [1.165, 1.54) is 11.3 Å². The molecule has 0 aromatic heterocycles. The van der Waals surface area contributed by atoms with Crippen LogP contribution in [0.1, 0.15) is 28.7 Å². The van der Waals surface area contributed by atoms with Crippen molar-refractivity contribution >= 4 is 17.8 Å². The van der Waals surface area contributed by atoms with Gasteiger partial charge in [0.05, 0.1) is 19.7 Å². The Hall–Kier alpha value is -3.60. The van der Waals surface area contributed by atoms with Crippen LogP contribution in [0, 0.1) is 0 Å². The molecule has 0 aliphatic carbocycles. The van der Waals surface area contributed by atoms with Gasteiger partial charge in [0.15, 0.2) is 0 Å². The number of hydrazone groups is 1. The van der Waals surface area contributed by atoms with Crippen molar-refractivity contribution in [2.75, 3.05) is 18.6 Å². The number of ether oxygens (including phenoxy) is 1. The van der Waals surface area contributed by atoms with Crippen molar-refractivity contribution in [3.05, 3.63) is 95.1 Å². The number of carbonyl (C=O) groups is 1. The van der Waals surface area contributed by atoms with Gasteiger partial charge in [-0.15, -0.1) is 0 Å². The lowest BCUT2D eigenvalue weighted by molar-refractivity contribution is -0.120. The van der Waals surface area contributed by atoms with E-state index in [9.17, 15) is 4.79 Å². The molecule has 1 aliphatic rings. The highest BCUT2D eigenvalue weighted by Crippen LogP contribution is 2.30. The van der Waals surface area contributed by atoms with Crippen LogP contribution < -0.4 is 15.1 Å². The molecule has 1 N–H and O–H groups in total. The van der Waals surface area contributed by atoms with Crippen molar-refractivity contribution < 1.29 is 9.53 Å². The number of benzene rings is 3. The number of amides is 1. The van der Waals surface area contributed by atoms with Gasteiger partial charge in [-0.1, -0.05) is 48.5 Å². The van der Waals surface area contributed by atoms with E-state index in [2.05, 4.69) is 45.8 Å². The molecule has 3 aromatic carbocycles. The van der Waals surface area contributed by atoms with E-state index < -0.39 is 0 Å². The number of fused-ring (bicyclic) bond motifs is 1. The van der Waals surface area contributed by atoms with Crippen LogP contribution in [0.25, 0.3) is 0 Å². The lowest BCUT2D eigenvalue weighted by Gasteiger charge is -2.31. The first kappa shape index (κ1) is 20.7. The van der Waals surface area contributed by atoms with E-state index in [0.717, 1.165) is 48.4 Å². The zero-order valence-electron chi connectivity index (χ0n) is 17.8. The van der Waals surface area contributed by atoms with Gasteiger partial charge in [-0.2, -0.15) is 5.10 Å². The lowest BCUT2D eigenvalue weighted by atomic mass is 10.0. The van der Waals surface area contributed by atoms with Crippen LogP contribution >= 0.6 is 0 Å². The van der Waals surface area contributed by atoms with Crippen LogP contribution in [0.4, 0.5) is 5.69 Å². The van der Waals surface area contributed by atoms with Crippen molar-refractivity contribution in [2.24, 2.45) is 5.10 Å². The summed E-state index contributed by atoms with van der Waals surface area (Å²) in [6, 6.07) is 24.2. The molecule has 1 aliphatic heterocycles. The Bertz CT molecular complexity index is 1060. The maximum absolute atomic E-state index is 12.1. The van der Waals surface area contributed by atoms with Gasteiger partial charge in [-0.25, -0.2) is 5.43 Å². The predicted octanol–water partition coefficient (Wildman–Crippen LogP) is 4.34. The third-order valence-electron chi connectivity index (χ3n) is 5.48. The summed E-state index contributed by atoms with van der Waals surface area (Å²) in [7, 11) is 1.69. The Labute approximate surface area is 183 Å². The number of hydrogen-bond acceptors (Lipinski definition) is 4. The number of anilines is 1. The highest BCUT2D eigenvalue weighted by molar-refractivity contribution is 5.83.